The Balaban J connectivity index is 2.01. The van der Waals surface area contributed by atoms with Crippen molar-refractivity contribution >= 4 is 23.6 Å². The predicted molar refractivity (Wildman–Crippen MR) is 103 cm³/mol. The van der Waals surface area contributed by atoms with Gasteiger partial charge in [0.15, 0.2) is 0 Å². The number of hydrogen-bond donors (Lipinski definition) is 2. The van der Waals surface area contributed by atoms with E-state index in [9.17, 15) is 9.59 Å². The molecule has 1 atom stereocenters. The molecule has 1 aliphatic rings. The van der Waals surface area contributed by atoms with Gasteiger partial charge in [0.05, 0.1) is 12.0 Å². The molecule has 2 N–H and O–H groups in total. The lowest BCUT2D eigenvalue weighted by molar-refractivity contribution is -0.130. The van der Waals surface area contributed by atoms with Gasteiger partial charge in [-0.1, -0.05) is 44.0 Å². The van der Waals surface area contributed by atoms with Gasteiger partial charge < -0.3 is 15.4 Å². The zero-order chi connectivity index (χ0) is 19.2. The minimum Gasteiger partial charge on any atom is -0.450 e. The molecule has 2 rings (SSSR count). The fourth-order valence-corrected chi connectivity index (χ4v) is 3.56. The molecule has 0 bridgehead atoms. The topological polar surface area (TPSA) is 67.4 Å². The molecule has 1 fully saturated rings. The first-order chi connectivity index (χ1) is 12.4. The van der Waals surface area contributed by atoms with Crippen LogP contribution in [0, 0.1) is 5.92 Å². The maximum absolute atomic E-state index is 12.9. The van der Waals surface area contributed by atoms with Crippen molar-refractivity contribution < 1.29 is 14.3 Å². The Morgan fingerprint density at radius 2 is 1.88 bits per heavy atom. The van der Waals surface area contributed by atoms with E-state index >= 15 is 0 Å². The number of rotatable bonds is 8. The summed E-state index contributed by atoms with van der Waals surface area (Å²) in [5.41, 5.74) is 0.529. The van der Waals surface area contributed by atoms with Crippen LogP contribution < -0.4 is 10.6 Å². The number of nitrogens with one attached hydrogen (secondary N) is 2. The number of benzene rings is 1. The second-order valence-electron chi connectivity index (χ2n) is 7.34. The number of carbonyl (C=O) groups excluding carboxylic acids is 2. The van der Waals surface area contributed by atoms with Gasteiger partial charge in [0.2, 0.25) is 5.91 Å². The van der Waals surface area contributed by atoms with Crippen LogP contribution in [0.5, 0.6) is 0 Å². The summed E-state index contributed by atoms with van der Waals surface area (Å²) in [5.74, 6) is 0.415. The van der Waals surface area contributed by atoms with Gasteiger partial charge in [-0.25, -0.2) is 4.79 Å². The van der Waals surface area contributed by atoms with Gasteiger partial charge in [-0.2, -0.15) is 0 Å². The molecule has 0 heterocycles. The zero-order valence-corrected chi connectivity index (χ0v) is 16.6. The van der Waals surface area contributed by atoms with Crippen LogP contribution in [0.2, 0.25) is 5.02 Å². The maximum atomic E-state index is 12.9. The zero-order valence-electron chi connectivity index (χ0n) is 15.8. The van der Waals surface area contributed by atoms with Crippen molar-refractivity contribution in [1.29, 1.82) is 0 Å². The molecular formula is C20H29ClN2O3. The highest BCUT2D eigenvalue weighted by atomic mass is 35.5. The number of ether oxygens (including phenoxy) is 1. The fourth-order valence-electron chi connectivity index (χ4n) is 3.43. The van der Waals surface area contributed by atoms with E-state index in [1.165, 1.54) is 0 Å². The van der Waals surface area contributed by atoms with Gasteiger partial charge in [-0.3, -0.25) is 4.79 Å². The number of carbonyl (C=O) groups is 2. The van der Waals surface area contributed by atoms with E-state index < -0.39 is 11.5 Å². The van der Waals surface area contributed by atoms with E-state index in [-0.39, 0.29) is 11.9 Å². The number of alkyl carbamates (subject to hydrolysis) is 1. The smallest absolute Gasteiger partial charge is 0.407 e. The molecule has 1 aromatic carbocycles. The van der Waals surface area contributed by atoms with Crippen LogP contribution in [0.15, 0.2) is 24.3 Å². The highest BCUT2D eigenvalue weighted by Gasteiger charge is 2.45. The molecule has 0 aliphatic heterocycles. The summed E-state index contributed by atoms with van der Waals surface area (Å²) in [6, 6.07) is 7.37. The van der Waals surface area contributed by atoms with Gasteiger partial charge in [-0.15, -0.1) is 0 Å². The Morgan fingerprint density at radius 3 is 2.38 bits per heavy atom. The first kappa shape index (κ1) is 20.6. The van der Waals surface area contributed by atoms with Crippen molar-refractivity contribution in [3.8, 4) is 0 Å². The third-order valence-corrected chi connectivity index (χ3v) is 5.15. The SMILES string of the molecule is CCOC(=O)NC(CNC(=O)C1(c2ccc(Cl)cc2)CCC1)CC(C)C. The van der Waals surface area contributed by atoms with Crippen molar-refractivity contribution in [3.05, 3.63) is 34.9 Å². The van der Waals surface area contributed by atoms with Crippen molar-refractivity contribution in [3.63, 3.8) is 0 Å². The van der Waals surface area contributed by atoms with E-state index in [4.69, 9.17) is 16.3 Å². The maximum Gasteiger partial charge on any atom is 0.407 e. The van der Waals surface area contributed by atoms with Gasteiger partial charge in [-0.05, 0) is 49.8 Å². The molecule has 1 aromatic rings. The summed E-state index contributed by atoms with van der Waals surface area (Å²) < 4.78 is 4.97. The normalized spacial score (nSPS) is 16.5. The average Bonchev–Trinajstić information content (AvgIpc) is 2.53. The van der Waals surface area contributed by atoms with E-state index in [2.05, 4.69) is 24.5 Å². The Hall–Kier alpha value is -1.75. The lowest BCUT2D eigenvalue weighted by atomic mass is 9.64. The van der Waals surface area contributed by atoms with Gasteiger partial charge >= 0.3 is 6.09 Å². The van der Waals surface area contributed by atoms with E-state index in [1.54, 1.807) is 6.92 Å². The van der Waals surface area contributed by atoms with E-state index in [0.717, 1.165) is 31.2 Å². The van der Waals surface area contributed by atoms with Crippen LogP contribution in [-0.4, -0.2) is 31.2 Å². The molecular weight excluding hydrogens is 352 g/mol. The lowest BCUT2D eigenvalue weighted by Gasteiger charge is -2.41. The minimum absolute atomic E-state index is 0.0190. The van der Waals surface area contributed by atoms with Gasteiger partial charge in [0, 0.05) is 17.6 Å². The highest BCUT2D eigenvalue weighted by molar-refractivity contribution is 6.30. The molecule has 0 spiro atoms. The summed E-state index contributed by atoms with van der Waals surface area (Å²) in [7, 11) is 0. The van der Waals surface area contributed by atoms with Gasteiger partial charge in [0.1, 0.15) is 0 Å². The van der Waals surface area contributed by atoms with Crippen LogP contribution in [0.4, 0.5) is 4.79 Å². The summed E-state index contributed by atoms with van der Waals surface area (Å²) in [5, 5.41) is 6.56. The molecule has 0 radical (unpaired) electrons. The molecule has 2 amide bonds. The van der Waals surface area contributed by atoms with Crippen molar-refractivity contribution in [2.45, 2.75) is 57.9 Å². The van der Waals surface area contributed by atoms with Crippen LogP contribution >= 0.6 is 11.6 Å². The lowest BCUT2D eigenvalue weighted by Crippen LogP contribution is -2.53. The largest absolute Gasteiger partial charge is 0.450 e. The van der Waals surface area contributed by atoms with E-state index in [1.807, 2.05) is 24.3 Å². The van der Waals surface area contributed by atoms with E-state index in [0.29, 0.717) is 24.1 Å². The Kier molecular flexibility index (Phi) is 7.33. The molecule has 144 valence electrons. The van der Waals surface area contributed by atoms with Crippen LogP contribution in [0.25, 0.3) is 0 Å². The van der Waals surface area contributed by atoms with Crippen molar-refractivity contribution in [2.75, 3.05) is 13.2 Å². The summed E-state index contributed by atoms with van der Waals surface area (Å²) >= 11 is 5.98. The first-order valence-electron chi connectivity index (χ1n) is 9.35. The Labute approximate surface area is 160 Å². The van der Waals surface area contributed by atoms with Gasteiger partial charge in [0.25, 0.3) is 0 Å². The van der Waals surface area contributed by atoms with Crippen LogP contribution in [0.1, 0.15) is 52.0 Å². The summed E-state index contributed by atoms with van der Waals surface area (Å²) in [4.78, 5) is 24.7. The third-order valence-electron chi connectivity index (χ3n) is 4.90. The second-order valence-corrected chi connectivity index (χ2v) is 7.78. The molecule has 1 saturated carbocycles. The van der Waals surface area contributed by atoms with Crippen LogP contribution in [0.3, 0.4) is 0 Å². The van der Waals surface area contributed by atoms with Crippen LogP contribution in [-0.2, 0) is 14.9 Å². The second kappa shape index (κ2) is 9.26. The Morgan fingerprint density at radius 1 is 1.23 bits per heavy atom. The molecule has 0 aromatic heterocycles. The number of hydrogen-bond acceptors (Lipinski definition) is 3. The standard InChI is InChI=1S/C20H29ClN2O3/c1-4-26-19(25)23-17(12-14(2)3)13-22-18(24)20(10-5-11-20)15-6-8-16(21)9-7-15/h6-9,14,17H,4-5,10-13H2,1-3H3,(H,22,24)(H,23,25). The molecule has 1 aliphatic carbocycles. The first-order valence-corrected chi connectivity index (χ1v) is 9.73. The predicted octanol–water partition coefficient (Wildman–Crippen LogP) is 4.04. The summed E-state index contributed by atoms with van der Waals surface area (Å²) in [6.45, 7) is 6.66. The number of amides is 2. The molecule has 5 nitrogen and oxygen atoms in total. The van der Waals surface area contributed by atoms with Crippen molar-refractivity contribution in [1.82, 2.24) is 10.6 Å². The molecule has 0 saturated heterocycles. The monoisotopic (exact) mass is 380 g/mol. The molecule has 1 unspecified atom stereocenters. The average molecular weight is 381 g/mol. The summed E-state index contributed by atoms with van der Waals surface area (Å²) in [6.07, 6.45) is 3.03. The third kappa shape index (κ3) is 5.13. The Bertz CT molecular complexity index is 612. The highest BCUT2D eigenvalue weighted by Crippen LogP contribution is 2.44. The molecule has 26 heavy (non-hydrogen) atoms. The number of halogens is 1. The fraction of sp³-hybridized carbons (Fsp3) is 0.600. The molecule has 6 heteroatoms. The quantitative estimate of drug-likeness (QED) is 0.715. The van der Waals surface area contributed by atoms with Crippen molar-refractivity contribution in [2.24, 2.45) is 5.92 Å². The minimum atomic E-state index is -0.475.